The van der Waals surface area contributed by atoms with Gasteiger partial charge in [-0.05, 0) is 30.7 Å². The number of carbonyl (C=O) groups is 2. The van der Waals surface area contributed by atoms with Crippen LogP contribution in [0.25, 0.3) is 11.4 Å². The van der Waals surface area contributed by atoms with Crippen LogP contribution in [0.3, 0.4) is 0 Å². The van der Waals surface area contributed by atoms with Gasteiger partial charge in [0, 0.05) is 36.3 Å². The van der Waals surface area contributed by atoms with Gasteiger partial charge in [-0.3, -0.25) is 14.3 Å². The molecule has 0 unspecified atom stereocenters. The number of carbonyl (C=O) groups excluding carboxylic acids is 2. The molecule has 2 saturated carbocycles. The molecule has 2 amide bonds. The van der Waals surface area contributed by atoms with Gasteiger partial charge in [-0.1, -0.05) is 0 Å². The maximum atomic E-state index is 12.7. The molecule has 3 heterocycles. The van der Waals surface area contributed by atoms with Gasteiger partial charge in [0.25, 0.3) is 5.91 Å². The Balaban J connectivity index is 1.48. The molecule has 2 fully saturated rings. The number of nitrogens with one attached hydrogen (secondary N) is 3. The third-order valence-corrected chi connectivity index (χ3v) is 5.97. The Morgan fingerprint density at radius 3 is 2.82 bits per heavy atom. The summed E-state index contributed by atoms with van der Waals surface area (Å²) in [6.45, 7) is -2.74. The minimum Gasteiger partial charge on any atom is -0.492 e. The number of rotatable bonds is 7. The normalized spacial score (nSPS) is 19.1. The molecule has 5 rings (SSSR count). The predicted molar refractivity (Wildman–Crippen MR) is 118 cm³/mol. The molecule has 0 radical (unpaired) electrons. The SMILES string of the molecule is [2H]C([2H])([2H])NC(=O)c1nnc(NC(=O)[C@@H]2CC23CC3)cc1Nc1nccc(-c2ncn(C)n2)c1OC. The maximum absolute atomic E-state index is 12.7. The number of nitrogens with zero attached hydrogens (tertiary/aromatic N) is 6. The number of aryl methyl sites for hydroxylation is 1. The number of hydrogen-bond donors (Lipinski definition) is 3. The predicted octanol–water partition coefficient (Wildman–Crippen LogP) is 1.52. The van der Waals surface area contributed by atoms with Crippen molar-refractivity contribution < 1.29 is 18.4 Å². The van der Waals surface area contributed by atoms with E-state index in [4.69, 9.17) is 8.85 Å². The molecule has 1 spiro atoms. The van der Waals surface area contributed by atoms with Crippen molar-refractivity contribution in [1.29, 1.82) is 0 Å². The molecule has 1 atom stereocenters. The molecule has 0 aromatic carbocycles. The Morgan fingerprint density at radius 2 is 2.15 bits per heavy atom. The van der Waals surface area contributed by atoms with Crippen molar-refractivity contribution in [3.8, 4) is 17.1 Å². The van der Waals surface area contributed by atoms with E-state index >= 15 is 0 Å². The molecule has 3 N–H and O–H groups in total. The first-order valence-electron chi connectivity index (χ1n) is 11.8. The van der Waals surface area contributed by atoms with Crippen LogP contribution in [0, 0.1) is 11.3 Å². The number of anilines is 3. The van der Waals surface area contributed by atoms with Gasteiger partial charge in [-0.15, -0.1) is 10.2 Å². The van der Waals surface area contributed by atoms with Crippen molar-refractivity contribution in [1.82, 2.24) is 35.3 Å². The largest absolute Gasteiger partial charge is 0.492 e. The topological polar surface area (TPSA) is 149 Å². The zero-order chi connectivity index (χ0) is 25.7. The Bertz CT molecular complexity index is 1350. The molecular weight excluding hydrogens is 426 g/mol. The molecule has 2 aliphatic rings. The van der Waals surface area contributed by atoms with E-state index in [1.54, 1.807) is 13.1 Å². The first-order valence-corrected chi connectivity index (χ1v) is 10.3. The van der Waals surface area contributed by atoms with Crippen molar-refractivity contribution >= 4 is 29.1 Å². The molecule has 2 aliphatic carbocycles. The molecular formula is C21H23N9O3. The highest BCUT2D eigenvalue weighted by Crippen LogP contribution is 2.70. The van der Waals surface area contributed by atoms with Crippen molar-refractivity contribution in [3.05, 3.63) is 30.4 Å². The Labute approximate surface area is 193 Å². The summed E-state index contributed by atoms with van der Waals surface area (Å²) in [6, 6.07) is 3.06. The van der Waals surface area contributed by atoms with Crippen LogP contribution in [0.2, 0.25) is 0 Å². The van der Waals surface area contributed by atoms with E-state index in [1.807, 2.05) is 5.32 Å². The van der Waals surface area contributed by atoms with Crippen LogP contribution in [-0.4, -0.2) is 55.8 Å². The van der Waals surface area contributed by atoms with Gasteiger partial charge in [-0.2, -0.15) is 5.10 Å². The second-order valence-electron chi connectivity index (χ2n) is 8.16. The molecule has 0 aliphatic heterocycles. The van der Waals surface area contributed by atoms with E-state index in [0.717, 1.165) is 19.3 Å². The highest BCUT2D eigenvalue weighted by atomic mass is 16.5. The summed E-state index contributed by atoms with van der Waals surface area (Å²) in [7, 11) is 3.17. The number of amides is 2. The smallest absolute Gasteiger partial charge is 0.273 e. The van der Waals surface area contributed by atoms with Crippen LogP contribution >= 0.6 is 0 Å². The quantitative estimate of drug-likeness (QED) is 0.485. The zero-order valence-corrected chi connectivity index (χ0v) is 17.9. The Kier molecular flexibility index (Phi) is 4.13. The van der Waals surface area contributed by atoms with E-state index in [9.17, 15) is 9.59 Å². The summed E-state index contributed by atoms with van der Waals surface area (Å²) in [5, 5.41) is 19.7. The van der Waals surface area contributed by atoms with Crippen molar-refractivity contribution in [2.45, 2.75) is 19.3 Å². The second-order valence-corrected chi connectivity index (χ2v) is 8.16. The molecule has 12 heteroatoms. The summed E-state index contributed by atoms with van der Waals surface area (Å²) >= 11 is 0. The summed E-state index contributed by atoms with van der Waals surface area (Å²) in [5.41, 5.74) is 0.438. The third kappa shape index (κ3) is 3.83. The van der Waals surface area contributed by atoms with E-state index in [1.165, 1.54) is 30.4 Å². The zero-order valence-electron chi connectivity index (χ0n) is 20.9. The number of methoxy groups -OCH3 is 1. The van der Waals surface area contributed by atoms with E-state index < -0.39 is 12.9 Å². The highest BCUT2D eigenvalue weighted by Gasteiger charge is 2.65. The van der Waals surface area contributed by atoms with E-state index in [0.29, 0.717) is 11.4 Å². The van der Waals surface area contributed by atoms with Gasteiger partial charge in [-0.25, -0.2) is 9.97 Å². The Hall–Kier alpha value is -4.09. The average Bonchev–Trinajstić information content (AvgIpc) is 3.71. The number of aromatic nitrogens is 6. The highest BCUT2D eigenvalue weighted by molar-refractivity contribution is 6.00. The summed E-state index contributed by atoms with van der Waals surface area (Å²) < 4.78 is 29.1. The standard InChI is InChI=1S/C21H23N9O3/c1-22-20(32)15-13(8-14(27-28-15)26-19(31)12-9-21(12)5-6-21)25-18-16(33-3)11(4-7-23-18)17-24-10-30(2)29-17/h4,7-8,10,12H,5-6,9H2,1-3H3,(H,22,32)(H2,23,25,26,27,31)/t12-/m0/s1/i1D3. The maximum Gasteiger partial charge on any atom is 0.273 e. The summed E-state index contributed by atoms with van der Waals surface area (Å²) in [5.74, 6) is -0.235. The van der Waals surface area contributed by atoms with Crippen LogP contribution in [0.4, 0.5) is 17.3 Å². The van der Waals surface area contributed by atoms with Gasteiger partial charge in [0.1, 0.15) is 6.33 Å². The third-order valence-electron chi connectivity index (χ3n) is 5.97. The average molecular weight is 452 g/mol. The monoisotopic (exact) mass is 452 g/mol. The summed E-state index contributed by atoms with van der Waals surface area (Å²) in [4.78, 5) is 33.8. The van der Waals surface area contributed by atoms with Gasteiger partial charge in [0.15, 0.2) is 28.9 Å². The summed E-state index contributed by atoms with van der Waals surface area (Å²) in [6.07, 6.45) is 5.98. The van der Waals surface area contributed by atoms with Gasteiger partial charge >= 0.3 is 0 Å². The van der Waals surface area contributed by atoms with Gasteiger partial charge < -0.3 is 20.7 Å². The lowest BCUT2D eigenvalue weighted by Crippen LogP contribution is -2.23. The minimum atomic E-state index is -2.74. The fourth-order valence-corrected chi connectivity index (χ4v) is 3.93. The first kappa shape index (κ1) is 17.5. The number of hydrogen-bond acceptors (Lipinski definition) is 9. The molecule has 0 bridgehead atoms. The number of pyridine rings is 1. The van der Waals surface area contributed by atoms with E-state index in [2.05, 4.69) is 35.9 Å². The van der Waals surface area contributed by atoms with Gasteiger partial charge in [0.2, 0.25) is 5.91 Å². The minimum absolute atomic E-state index is 0.0569. The van der Waals surface area contributed by atoms with Crippen LogP contribution in [0.15, 0.2) is 24.7 Å². The lowest BCUT2D eigenvalue weighted by molar-refractivity contribution is -0.117. The van der Waals surface area contributed by atoms with Gasteiger partial charge in [0.05, 0.1) is 18.4 Å². The first-order chi connectivity index (χ1) is 17.1. The second kappa shape index (κ2) is 7.80. The molecule has 3 aromatic rings. The fourth-order valence-electron chi connectivity index (χ4n) is 3.93. The van der Waals surface area contributed by atoms with Crippen LogP contribution in [0.1, 0.15) is 33.9 Å². The fraction of sp³-hybridized carbons (Fsp3) is 0.381. The van der Waals surface area contributed by atoms with Crippen molar-refractivity contribution in [2.24, 2.45) is 18.4 Å². The molecule has 3 aromatic heterocycles. The molecule has 33 heavy (non-hydrogen) atoms. The molecule has 0 saturated heterocycles. The van der Waals surface area contributed by atoms with Crippen LogP contribution in [0.5, 0.6) is 5.75 Å². The lowest BCUT2D eigenvalue weighted by atomic mass is 10.2. The Morgan fingerprint density at radius 1 is 1.30 bits per heavy atom. The van der Waals surface area contributed by atoms with Crippen LogP contribution in [-0.2, 0) is 11.8 Å². The molecule has 170 valence electrons. The lowest BCUT2D eigenvalue weighted by Gasteiger charge is -2.15. The van der Waals surface area contributed by atoms with Crippen molar-refractivity contribution in [2.75, 3.05) is 24.7 Å². The van der Waals surface area contributed by atoms with Crippen molar-refractivity contribution in [3.63, 3.8) is 0 Å². The number of ether oxygens (including phenoxy) is 1. The molecule has 12 nitrogen and oxygen atoms in total. The van der Waals surface area contributed by atoms with E-state index in [-0.39, 0.29) is 46.0 Å². The van der Waals surface area contributed by atoms with Crippen LogP contribution < -0.4 is 20.7 Å².